The van der Waals surface area contributed by atoms with Gasteiger partial charge in [0, 0.05) is 31.7 Å². The van der Waals surface area contributed by atoms with Crippen LogP contribution in [-0.4, -0.2) is 62.2 Å². The van der Waals surface area contributed by atoms with Crippen LogP contribution in [0.25, 0.3) is 0 Å². The van der Waals surface area contributed by atoms with E-state index in [1.54, 1.807) is 0 Å². The zero-order valence-electron chi connectivity index (χ0n) is 14.1. The Labute approximate surface area is 126 Å². The fourth-order valence-electron chi connectivity index (χ4n) is 4.32. The van der Waals surface area contributed by atoms with Crippen LogP contribution >= 0.6 is 0 Å². The monoisotopic (exact) mass is 281 g/mol. The lowest BCUT2D eigenvalue weighted by Crippen LogP contribution is -2.49. The summed E-state index contributed by atoms with van der Waals surface area (Å²) < 4.78 is 0. The molecule has 1 N–H and O–H groups in total. The van der Waals surface area contributed by atoms with Crippen LogP contribution in [0.15, 0.2) is 0 Å². The number of nitrogens with one attached hydrogen (secondary N) is 1. The van der Waals surface area contributed by atoms with Crippen molar-refractivity contribution in [1.82, 2.24) is 15.1 Å². The SMILES string of the molecule is CCC1CC(CC(C)N2CCC[C@H](NC)C2)CN(C)C1. The molecule has 2 fully saturated rings. The lowest BCUT2D eigenvalue weighted by molar-refractivity contribution is 0.0921. The van der Waals surface area contributed by atoms with Gasteiger partial charge in [-0.15, -0.1) is 0 Å². The second-order valence-electron chi connectivity index (χ2n) is 7.30. The van der Waals surface area contributed by atoms with Crippen molar-refractivity contribution < 1.29 is 0 Å². The molecule has 0 radical (unpaired) electrons. The highest BCUT2D eigenvalue weighted by molar-refractivity contribution is 4.84. The first kappa shape index (κ1) is 16.3. The maximum Gasteiger partial charge on any atom is 0.0192 e. The molecule has 3 unspecified atom stereocenters. The highest BCUT2D eigenvalue weighted by atomic mass is 15.2. The minimum Gasteiger partial charge on any atom is -0.316 e. The van der Waals surface area contributed by atoms with Gasteiger partial charge in [0.25, 0.3) is 0 Å². The second-order valence-corrected chi connectivity index (χ2v) is 7.30. The van der Waals surface area contributed by atoms with Gasteiger partial charge in [-0.1, -0.05) is 13.3 Å². The molecular weight excluding hydrogens is 246 g/mol. The Balaban J connectivity index is 1.82. The molecule has 3 nitrogen and oxygen atoms in total. The van der Waals surface area contributed by atoms with Gasteiger partial charge in [0.2, 0.25) is 0 Å². The minimum absolute atomic E-state index is 0.712. The topological polar surface area (TPSA) is 18.5 Å². The summed E-state index contributed by atoms with van der Waals surface area (Å²) in [5, 5.41) is 3.47. The number of rotatable bonds is 5. The molecule has 20 heavy (non-hydrogen) atoms. The van der Waals surface area contributed by atoms with E-state index in [1.165, 1.54) is 58.3 Å². The molecule has 2 aliphatic heterocycles. The van der Waals surface area contributed by atoms with Gasteiger partial charge in [-0.25, -0.2) is 0 Å². The van der Waals surface area contributed by atoms with Crippen molar-refractivity contribution in [3.63, 3.8) is 0 Å². The van der Waals surface area contributed by atoms with Crippen LogP contribution < -0.4 is 5.32 Å². The van der Waals surface area contributed by atoms with E-state index in [4.69, 9.17) is 0 Å². The van der Waals surface area contributed by atoms with Crippen LogP contribution in [0.1, 0.15) is 46.0 Å². The Morgan fingerprint density at radius 2 is 1.95 bits per heavy atom. The molecule has 2 rings (SSSR count). The normalized spacial score (nSPS) is 35.1. The smallest absolute Gasteiger partial charge is 0.0192 e. The minimum atomic E-state index is 0.712. The van der Waals surface area contributed by atoms with E-state index < -0.39 is 0 Å². The van der Waals surface area contributed by atoms with E-state index >= 15 is 0 Å². The van der Waals surface area contributed by atoms with Crippen LogP contribution in [0.3, 0.4) is 0 Å². The molecule has 0 bridgehead atoms. The molecule has 0 aromatic rings. The number of likely N-dealkylation sites (N-methyl/N-ethyl adjacent to an activating group) is 1. The Hall–Kier alpha value is -0.120. The fraction of sp³-hybridized carbons (Fsp3) is 1.00. The predicted molar refractivity (Wildman–Crippen MR) is 87.1 cm³/mol. The molecular formula is C17H35N3. The molecule has 2 aliphatic rings. The molecule has 0 amide bonds. The predicted octanol–water partition coefficient (Wildman–Crippen LogP) is 2.43. The third-order valence-corrected chi connectivity index (χ3v) is 5.54. The second kappa shape index (κ2) is 7.77. The Morgan fingerprint density at radius 3 is 2.65 bits per heavy atom. The molecule has 0 aromatic carbocycles. The van der Waals surface area contributed by atoms with Crippen molar-refractivity contribution >= 4 is 0 Å². The Bertz CT molecular complexity index is 281. The molecule has 3 heteroatoms. The van der Waals surface area contributed by atoms with Crippen LogP contribution in [0.5, 0.6) is 0 Å². The first-order valence-corrected chi connectivity index (χ1v) is 8.72. The molecule has 0 aliphatic carbocycles. The van der Waals surface area contributed by atoms with Gasteiger partial charge in [0.1, 0.15) is 0 Å². The summed E-state index contributed by atoms with van der Waals surface area (Å²) in [4.78, 5) is 5.28. The highest BCUT2D eigenvalue weighted by Crippen LogP contribution is 2.28. The Kier molecular flexibility index (Phi) is 6.31. The van der Waals surface area contributed by atoms with Crippen LogP contribution in [0, 0.1) is 11.8 Å². The summed E-state index contributed by atoms with van der Waals surface area (Å²) in [5.41, 5.74) is 0. The van der Waals surface area contributed by atoms with Gasteiger partial charge in [-0.2, -0.15) is 0 Å². The van der Waals surface area contributed by atoms with E-state index in [1.807, 2.05) is 0 Å². The number of piperidine rings is 2. The van der Waals surface area contributed by atoms with Crippen molar-refractivity contribution in [2.45, 2.75) is 58.0 Å². The summed E-state index contributed by atoms with van der Waals surface area (Å²) >= 11 is 0. The van der Waals surface area contributed by atoms with E-state index in [-0.39, 0.29) is 0 Å². The van der Waals surface area contributed by atoms with Crippen LogP contribution in [0.4, 0.5) is 0 Å². The maximum absolute atomic E-state index is 3.47. The van der Waals surface area contributed by atoms with Gasteiger partial charge in [-0.05, 0) is 65.1 Å². The fourth-order valence-corrected chi connectivity index (χ4v) is 4.32. The third kappa shape index (κ3) is 4.44. The summed E-state index contributed by atoms with van der Waals surface area (Å²) in [6.45, 7) is 9.98. The molecule has 4 atom stereocenters. The quantitative estimate of drug-likeness (QED) is 0.835. The van der Waals surface area contributed by atoms with Crippen LogP contribution in [-0.2, 0) is 0 Å². The summed E-state index contributed by atoms with van der Waals surface area (Å²) in [6.07, 6.45) is 6.90. The van der Waals surface area contributed by atoms with E-state index in [0.29, 0.717) is 6.04 Å². The average molecular weight is 281 g/mol. The first-order chi connectivity index (χ1) is 9.62. The van der Waals surface area contributed by atoms with Crippen LogP contribution in [0.2, 0.25) is 0 Å². The van der Waals surface area contributed by atoms with Gasteiger partial charge in [0.15, 0.2) is 0 Å². The Morgan fingerprint density at radius 1 is 1.20 bits per heavy atom. The van der Waals surface area contributed by atoms with Gasteiger partial charge >= 0.3 is 0 Å². The van der Waals surface area contributed by atoms with Crippen molar-refractivity contribution in [3.05, 3.63) is 0 Å². The summed E-state index contributed by atoms with van der Waals surface area (Å²) in [5.74, 6) is 1.83. The molecule has 118 valence electrons. The molecule has 0 saturated carbocycles. The van der Waals surface area contributed by atoms with Gasteiger partial charge in [-0.3, -0.25) is 4.90 Å². The van der Waals surface area contributed by atoms with Crippen molar-refractivity contribution in [2.24, 2.45) is 11.8 Å². The maximum atomic E-state index is 3.47. The number of hydrogen-bond acceptors (Lipinski definition) is 3. The molecule has 0 spiro atoms. The summed E-state index contributed by atoms with van der Waals surface area (Å²) in [6, 6.07) is 1.46. The first-order valence-electron chi connectivity index (χ1n) is 8.72. The average Bonchev–Trinajstić information content (AvgIpc) is 2.46. The standard InChI is InChI=1S/C17H35N3/c1-5-15-10-16(12-19(4)11-15)9-14(2)20-8-6-7-17(13-20)18-3/h14-18H,5-13H2,1-4H3/t14?,15?,16?,17-/m0/s1. The van der Waals surface area contributed by atoms with E-state index in [0.717, 1.165) is 17.9 Å². The lowest BCUT2D eigenvalue weighted by atomic mass is 9.84. The van der Waals surface area contributed by atoms with Crippen molar-refractivity contribution in [3.8, 4) is 0 Å². The van der Waals surface area contributed by atoms with E-state index in [2.05, 4.69) is 43.1 Å². The van der Waals surface area contributed by atoms with Crippen molar-refractivity contribution in [2.75, 3.05) is 40.3 Å². The molecule has 2 saturated heterocycles. The lowest BCUT2D eigenvalue weighted by Gasteiger charge is -2.41. The van der Waals surface area contributed by atoms with Gasteiger partial charge in [0.05, 0.1) is 0 Å². The highest BCUT2D eigenvalue weighted by Gasteiger charge is 2.28. The van der Waals surface area contributed by atoms with Gasteiger partial charge < -0.3 is 10.2 Å². The number of likely N-dealkylation sites (tertiary alicyclic amines) is 2. The number of hydrogen-bond donors (Lipinski definition) is 1. The summed E-state index contributed by atoms with van der Waals surface area (Å²) in [7, 11) is 4.41. The molecule has 2 heterocycles. The largest absolute Gasteiger partial charge is 0.316 e. The van der Waals surface area contributed by atoms with E-state index in [9.17, 15) is 0 Å². The third-order valence-electron chi connectivity index (χ3n) is 5.54. The molecule has 0 aromatic heterocycles. The zero-order chi connectivity index (χ0) is 14.5. The number of nitrogens with zero attached hydrogens (tertiary/aromatic N) is 2. The van der Waals surface area contributed by atoms with Crippen molar-refractivity contribution in [1.29, 1.82) is 0 Å². The zero-order valence-corrected chi connectivity index (χ0v) is 14.1.